The summed E-state index contributed by atoms with van der Waals surface area (Å²) in [5.41, 5.74) is 7.02. The van der Waals surface area contributed by atoms with E-state index in [0.29, 0.717) is 42.0 Å². The van der Waals surface area contributed by atoms with Gasteiger partial charge in [-0.2, -0.15) is 26.3 Å². The van der Waals surface area contributed by atoms with Crippen molar-refractivity contribution in [2.45, 2.75) is 70.1 Å². The molecule has 71 heavy (non-hydrogen) atoms. The van der Waals surface area contributed by atoms with Crippen LogP contribution in [-0.2, 0) is 24.2 Å². The van der Waals surface area contributed by atoms with Crippen molar-refractivity contribution < 1.29 is 26.3 Å². The van der Waals surface area contributed by atoms with Crippen LogP contribution in [0.2, 0.25) is 0 Å². The summed E-state index contributed by atoms with van der Waals surface area (Å²) in [6, 6.07) is 50.7. The van der Waals surface area contributed by atoms with Gasteiger partial charge in [-0.1, -0.05) is 129 Å². The van der Waals surface area contributed by atoms with Gasteiger partial charge in [0.25, 0.3) is 0 Å². The summed E-state index contributed by atoms with van der Waals surface area (Å²) in [4.78, 5) is 18.6. The van der Waals surface area contributed by atoms with Crippen molar-refractivity contribution in [3.8, 4) is 22.3 Å². The molecule has 8 aromatic rings. The van der Waals surface area contributed by atoms with Crippen molar-refractivity contribution in [3.05, 3.63) is 216 Å². The number of para-hydroxylation sites is 4. The first-order valence-corrected chi connectivity index (χ1v) is 23.8. The van der Waals surface area contributed by atoms with Crippen LogP contribution in [0.1, 0.15) is 55.9 Å². The van der Waals surface area contributed by atoms with E-state index >= 15 is 0 Å². The second-order valence-electron chi connectivity index (χ2n) is 18.2. The van der Waals surface area contributed by atoms with Gasteiger partial charge in [-0.3, -0.25) is 9.80 Å². The van der Waals surface area contributed by atoms with Crippen LogP contribution in [0.15, 0.2) is 194 Å². The van der Waals surface area contributed by atoms with Crippen LogP contribution in [-0.4, -0.2) is 22.3 Å². The summed E-state index contributed by atoms with van der Waals surface area (Å²) in [5.74, 6) is 1.16. The van der Waals surface area contributed by atoms with Gasteiger partial charge in [-0.15, -0.1) is 0 Å². The fraction of sp³-hybridized carbons (Fsp3) is 0.186. The number of halogens is 6. The molecule has 0 saturated carbocycles. The molecule has 0 amide bonds. The fourth-order valence-electron chi connectivity index (χ4n) is 11.4. The van der Waals surface area contributed by atoms with E-state index in [4.69, 9.17) is 9.97 Å². The van der Waals surface area contributed by atoms with Crippen LogP contribution in [0.3, 0.4) is 0 Å². The molecule has 12 heteroatoms. The SMILES string of the molecule is CCC1(CC)C(=CCc2ccc(-c3ccccc3C(F)(F)F)cc2N2c3ccccc3N(c3ccccc3)C2C)C2N(c3ccccc3)c3nccnc3N2c2cc(-c3ccccc3C(F)(F)F)ccc21. The molecule has 0 N–H and O–H groups in total. The average molecular weight is 955 g/mol. The monoisotopic (exact) mass is 954 g/mol. The molecule has 0 saturated heterocycles. The molecule has 3 aliphatic heterocycles. The lowest BCUT2D eigenvalue weighted by molar-refractivity contribution is -0.137. The summed E-state index contributed by atoms with van der Waals surface area (Å²) in [5, 5.41) is 0. The predicted molar refractivity (Wildman–Crippen MR) is 271 cm³/mol. The molecular formula is C59H48F6N6. The molecule has 4 heterocycles. The van der Waals surface area contributed by atoms with Crippen LogP contribution < -0.4 is 19.6 Å². The zero-order valence-electron chi connectivity index (χ0n) is 39.1. The molecule has 7 aromatic carbocycles. The molecule has 356 valence electrons. The van der Waals surface area contributed by atoms with E-state index in [1.54, 1.807) is 36.7 Å². The maximum atomic E-state index is 14.7. The van der Waals surface area contributed by atoms with E-state index in [0.717, 1.165) is 63.0 Å². The van der Waals surface area contributed by atoms with Gasteiger partial charge in [0.2, 0.25) is 0 Å². The maximum absolute atomic E-state index is 14.7. The zero-order valence-corrected chi connectivity index (χ0v) is 39.1. The Bertz CT molecular complexity index is 3310. The summed E-state index contributed by atoms with van der Waals surface area (Å²) >= 11 is 0. The second kappa shape index (κ2) is 17.5. The molecular weight excluding hydrogens is 907 g/mol. The first kappa shape index (κ1) is 45.6. The maximum Gasteiger partial charge on any atom is 0.417 e. The van der Waals surface area contributed by atoms with Gasteiger partial charge in [0.15, 0.2) is 11.6 Å². The van der Waals surface area contributed by atoms with Crippen molar-refractivity contribution in [3.63, 3.8) is 0 Å². The number of anilines is 8. The van der Waals surface area contributed by atoms with Gasteiger partial charge < -0.3 is 9.80 Å². The number of rotatable bonds is 9. The van der Waals surface area contributed by atoms with E-state index in [1.165, 1.54) is 24.3 Å². The van der Waals surface area contributed by atoms with E-state index in [9.17, 15) is 26.3 Å². The van der Waals surface area contributed by atoms with Crippen LogP contribution in [0.4, 0.5) is 72.1 Å². The Kier molecular flexibility index (Phi) is 11.2. The number of allylic oxidation sites excluding steroid dienone is 1. The van der Waals surface area contributed by atoms with Crippen LogP contribution in [0, 0.1) is 0 Å². The molecule has 3 aliphatic rings. The fourth-order valence-corrected chi connectivity index (χ4v) is 11.4. The number of nitrogens with zero attached hydrogens (tertiary/aromatic N) is 6. The third kappa shape index (κ3) is 7.50. The third-order valence-electron chi connectivity index (χ3n) is 14.6. The van der Waals surface area contributed by atoms with Crippen LogP contribution in [0.25, 0.3) is 22.3 Å². The highest BCUT2D eigenvalue weighted by Crippen LogP contribution is 2.60. The summed E-state index contributed by atoms with van der Waals surface area (Å²) in [6.07, 6.45) is -2.78. The van der Waals surface area contributed by atoms with Gasteiger partial charge in [0.1, 0.15) is 12.3 Å². The van der Waals surface area contributed by atoms with E-state index in [-0.39, 0.29) is 17.3 Å². The lowest BCUT2D eigenvalue weighted by Gasteiger charge is -2.50. The topological polar surface area (TPSA) is 38.7 Å². The first-order valence-electron chi connectivity index (χ1n) is 23.8. The van der Waals surface area contributed by atoms with Gasteiger partial charge in [0, 0.05) is 40.6 Å². The largest absolute Gasteiger partial charge is 0.417 e. The number of benzene rings is 7. The molecule has 2 atom stereocenters. The minimum Gasteiger partial charge on any atom is -0.319 e. The standard InChI is InChI=1S/C59H48F6N6/c1-4-57(5-2)48-32-31-41(45-23-13-15-25-47(45)59(63,64)65)37-53(48)71-55-54(66-34-35-67-55)70(43-20-10-7-11-21-43)56(71)49(57)33-30-39-28-29-40(44-22-12-14-24-46(44)58(60,61)62)36-52(39)69-38(3)68(42-18-8-6-9-19-42)50-26-16-17-27-51(50)69/h6-29,31-38,56H,4-5,30H2,1-3H3. The first-order chi connectivity index (χ1) is 34.3. The van der Waals surface area contributed by atoms with Crippen molar-refractivity contribution in [2.24, 2.45) is 0 Å². The Morgan fingerprint density at radius 1 is 0.507 bits per heavy atom. The molecule has 0 aliphatic carbocycles. The van der Waals surface area contributed by atoms with E-state index < -0.39 is 35.1 Å². The van der Waals surface area contributed by atoms with Crippen molar-refractivity contribution >= 4 is 45.8 Å². The number of aromatic nitrogens is 2. The lowest BCUT2D eigenvalue weighted by atomic mass is 9.65. The second-order valence-corrected chi connectivity index (χ2v) is 18.2. The van der Waals surface area contributed by atoms with Gasteiger partial charge in [0.05, 0.1) is 22.5 Å². The third-order valence-corrected chi connectivity index (χ3v) is 14.6. The Hall–Kier alpha value is -7.86. The minimum absolute atomic E-state index is 0.0788. The smallest absolute Gasteiger partial charge is 0.319 e. The molecule has 0 fully saturated rings. The summed E-state index contributed by atoms with van der Waals surface area (Å²) in [6.45, 7) is 6.40. The van der Waals surface area contributed by atoms with Crippen LogP contribution in [0.5, 0.6) is 0 Å². The Morgan fingerprint density at radius 2 is 0.986 bits per heavy atom. The molecule has 0 radical (unpaired) electrons. The molecule has 0 spiro atoms. The summed E-state index contributed by atoms with van der Waals surface area (Å²) < 4.78 is 88.1. The van der Waals surface area contributed by atoms with Crippen molar-refractivity contribution in [2.75, 3.05) is 19.6 Å². The minimum atomic E-state index is -4.58. The Labute approximate surface area is 408 Å². The predicted octanol–water partition coefficient (Wildman–Crippen LogP) is 16.3. The van der Waals surface area contributed by atoms with Gasteiger partial charge in [-0.05, 0) is 126 Å². The van der Waals surface area contributed by atoms with Gasteiger partial charge in [-0.25, -0.2) is 9.97 Å². The Morgan fingerprint density at radius 3 is 1.55 bits per heavy atom. The van der Waals surface area contributed by atoms with Crippen LogP contribution >= 0.6 is 0 Å². The molecule has 2 unspecified atom stereocenters. The van der Waals surface area contributed by atoms with Crippen molar-refractivity contribution in [1.82, 2.24) is 9.97 Å². The molecule has 6 nitrogen and oxygen atoms in total. The highest BCUT2D eigenvalue weighted by atomic mass is 19.4. The van der Waals surface area contributed by atoms with E-state index in [1.807, 2.05) is 84.9 Å². The summed E-state index contributed by atoms with van der Waals surface area (Å²) in [7, 11) is 0. The number of alkyl halides is 6. The zero-order chi connectivity index (χ0) is 49.2. The average Bonchev–Trinajstić information content (AvgIpc) is 3.89. The van der Waals surface area contributed by atoms with E-state index in [2.05, 4.69) is 70.7 Å². The Balaban J connectivity index is 1.14. The highest BCUT2D eigenvalue weighted by molar-refractivity contribution is 5.92. The molecule has 11 rings (SSSR count). The van der Waals surface area contributed by atoms with Gasteiger partial charge >= 0.3 is 12.4 Å². The lowest BCUT2D eigenvalue weighted by Crippen LogP contribution is -2.51. The number of hydrogen-bond donors (Lipinski definition) is 0. The molecule has 0 bridgehead atoms. The number of fused-ring (bicyclic) bond motifs is 6. The highest BCUT2D eigenvalue weighted by Gasteiger charge is 2.53. The van der Waals surface area contributed by atoms with Crippen molar-refractivity contribution in [1.29, 1.82) is 0 Å². The number of hydrogen-bond acceptors (Lipinski definition) is 6. The quantitative estimate of drug-likeness (QED) is 0.106. The normalized spacial score (nSPS) is 17.6. The molecule has 1 aromatic heterocycles.